The van der Waals surface area contributed by atoms with E-state index in [-0.39, 0.29) is 24.0 Å². The van der Waals surface area contributed by atoms with E-state index in [9.17, 15) is 9.59 Å². The molecule has 5 heteroatoms. The van der Waals surface area contributed by atoms with Gasteiger partial charge in [-0.3, -0.25) is 4.79 Å². The van der Waals surface area contributed by atoms with Crippen LogP contribution in [0.25, 0.3) is 0 Å². The lowest BCUT2D eigenvalue weighted by Gasteiger charge is -2.10. The molecule has 0 aromatic heterocycles. The molecule has 102 valence electrons. The molecule has 1 aliphatic rings. The Morgan fingerprint density at radius 3 is 2.63 bits per heavy atom. The van der Waals surface area contributed by atoms with E-state index in [4.69, 9.17) is 9.84 Å². The Morgan fingerprint density at radius 2 is 2.05 bits per heavy atom. The number of nitrogens with one attached hydrogen (secondary N) is 1. The van der Waals surface area contributed by atoms with Gasteiger partial charge in [0.25, 0.3) is 0 Å². The predicted octanol–water partition coefficient (Wildman–Crippen LogP) is 1.22. The van der Waals surface area contributed by atoms with E-state index in [2.05, 4.69) is 5.32 Å². The number of carboxylic acids is 1. The Balaban J connectivity index is 1.79. The van der Waals surface area contributed by atoms with Gasteiger partial charge in [-0.05, 0) is 30.5 Å². The molecule has 0 aliphatic carbocycles. The van der Waals surface area contributed by atoms with Crippen LogP contribution in [-0.4, -0.2) is 36.2 Å². The number of ether oxygens (including phenoxy) is 1. The van der Waals surface area contributed by atoms with Gasteiger partial charge in [0, 0.05) is 13.2 Å². The molecule has 5 nitrogen and oxygen atoms in total. The number of hydrogen-bond donors (Lipinski definition) is 2. The fourth-order valence-electron chi connectivity index (χ4n) is 2.05. The molecular formula is C14H17NO4. The molecule has 1 heterocycles. The van der Waals surface area contributed by atoms with Crippen molar-refractivity contribution in [3.05, 3.63) is 35.4 Å². The lowest BCUT2D eigenvalue weighted by atomic mass is 10.1. The summed E-state index contributed by atoms with van der Waals surface area (Å²) in [6, 6.07) is 6.33. The van der Waals surface area contributed by atoms with Crippen molar-refractivity contribution in [2.45, 2.75) is 25.4 Å². The number of amides is 1. The van der Waals surface area contributed by atoms with Gasteiger partial charge < -0.3 is 15.2 Å². The van der Waals surface area contributed by atoms with Crippen LogP contribution in [0.1, 0.15) is 28.8 Å². The van der Waals surface area contributed by atoms with Crippen LogP contribution in [0.3, 0.4) is 0 Å². The second-order valence-corrected chi connectivity index (χ2v) is 4.62. The lowest BCUT2D eigenvalue weighted by Crippen LogP contribution is -2.32. The third-order valence-electron chi connectivity index (χ3n) is 3.12. The number of carbonyl (C=O) groups is 2. The number of carbonyl (C=O) groups excluding carboxylic acids is 1. The van der Waals surface area contributed by atoms with Crippen molar-refractivity contribution in [1.29, 1.82) is 0 Å². The van der Waals surface area contributed by atoms with Crippen molar-refractivity contribution in [2.75, 3.05) is 13.2 Å². The second kappa shape index (κ2) is 6.33. The number of aromatic carboxylic acids is 1. The van der Waals surface area contributed by atoms with Crippen LogP contribution in [0.2, 0.25) is 0 Å². The van der Waals surface area contributed by atoms with Crippen LogP contribution in [0.5, 0.6) is 0 Å². The summed E-state index contributed by atoms with van der Waals surface area (Å²) < 4.78 is 5.42. The Morgan fingerprint density at radius 1 is 1.32 bits per heavy atom. The van der Waals surface area contributed by atoms with Crippen LogP contribution in [0, 0.1) is 0 Å². The van der Waals surface area contributed by atoms with Gasteiger partial charge in [-0.25, -0.2) is 4.79 Å². The molecule has 19 heavy (non-hydrogen) atoms. The molecule has 0 radical (unpaired) electrons. The van der Waals surface area contributed by atoms with Gasteiger partial charge in [0.1, 0.15) is 0 Å². The normalized spacial score (nSPS) is 18.2. The van der Waals surface area contributed by atoms with Crippen molar-refractivity contribution < 1.29 is 19.4 Å². The first kappa shape index (κ1) is 13.5. The summed E-state index contributed by atoms with van der Waals surface area (Å²) in [5.74, 6) is -1.03. The lowest BCUT2D eigenvalue weighted by molar-refractivity contribution is -0.120. The van der Waals surface area contributed by atoms with E-state index in [1.54, 1.807) is 12.1 Å². The average molecular weight is 263 g/mol. The van der Waals surface area contributed by atoms with Gasteiger partial charge in [0.2, 0.25) is 5.91 Å². The Kier molecular flexibility index (Phi) is 4.52. The third kappa shape index (κ3) is 4.06. The summed E-state index contributed by atoms with van der Waals surface area (Å²) in [4.78, 5) is 22.4. The molecule has 0 bridgehead atoms. The quantitative estimate of drug-likeness (QED) is 0.837. The highest BCUT2D eigenvalue weighted by atomic mass is 16.5. The molecule has 1 saturated heterocycles. The highest BCUT2D eigenvalue weighted by Crippen LogP contribution is 2.10. The van der Waals surface area contributed by atoms with Crippen molar-refractivity contribution >= 4 is 11.9 Å². The number of rotatable bonds is 5. The number of benzene rings is 1. The van der Waals surface area contributed by atoms with E-state index in [0.717, 1.165) is 25.0 Å². The van der Waals surface area contributed by atoms with Gasteiger partial charge in [-0.2, -0.15) is 0 Å². The van der Waals surface area contributed by atoms with E-state index in [1.807, 2.05) is 0 Å². The highest BCUT2D eigenvalue weighted by Gasteiger charge is 2.16. The van der Waals surface area contributed by atoms with Crippen molar-refractivity contribution in [3.8, 4) is 0 Å². The maximum absolute atomic E-state index is 11.7. The fourth-order valence-corrected chi connectivity index (χ4v) is 2.05. The Hall–Kier alpha value is -1.88. The predicted molar refractivity (Wildman–Crippen MR) is 69.1 cm³/mol. The molecule has 0 saturated carbocycles. The maximum atomic E-state index is 11.7. The minimum Gasteiger partial charge on any atom is -0.478 e. The first-order chi connectivity index (χ1) is 9.15. The summed E-state index contributed by atoms with van der Waals surface area (Å²) in [6.07, 6.45) is 2.44. The van der Waals surface area contributed by atoms with Gasteiger partial charge in [0.05, 0.1) is 18.1 Å². The second-order valence-electron chi connectivity index (χ2n) is 4.62. The average Bonchev–Trinajstić information content (AvgIpc) is 2.90. The highest BCUT2D eigenvalue weighted by molar-refractivity contribution is 5.87. The molecule has 2 N–H and O–H groups in total. The monoisotopic (exact) mass is 263 g/mol. The minimum absolute atomic E-state index is 0.0708. The van der Waals surface area contributed by atoms with Crippen LogP contribution in [0.4, 0.5) is 0 Å². The Bertz CT molecular complexity index is 449. The number of hydrogen-bond acceptors (Lipinski definition) is 3. The van der Waals surface area contributed by atoms with E-state index in [1.165, 1.54) is 12.1 Å². The van der Waals surface area contributed by atoms with Crippen molar-refractivity contribution in [1.82, 2.24) is 5.32 Å². The molecule has 0 spiro atoms. The van der Waals surface area contributed by atoms with Crippen LogP contribution in [-0.2, 0) is 16.0 Å². The third-order valence-corrected chi connectivity index (χ3v) is 3.12. The van der Waals surface area contributed by atoms with Gasteiger partial charge in [-0.1, -0.05) is 12.1 Å². The molecule has 1 aromatic carbocycles. The van der Waals surface area contributed by atoms with Crippen LogP contribution in [0.15, 0.2) is 24.3 Å². The standard InChI is InChI=1S/C14H17NO4/c16-13(15-9-12-2-1-7-19-12)8-10-3-5-11(6-4-10)14(17)18/h3-6,12H,1-2,7-9H2,(H,15,16)(H,17,18). The summed E-state index contributed by atoms with van der Waals surface area (Å²) in [5, 5.41) is 11.6. The van der Waals surface area contributed by atoms with E-state index in [0.29, 0.717) is 6.54 Å². The maximum Gasteiger partial charge on any atom is 0.335 e. The molecule has 1 unspecified atom stereocenters. The van der Waals surface area contributed by atoms with Crippen molar-refractivity contribution in [3.63, 3.8) is 0 Å². The molecule has 1 atom stereocenters. The largest absolute Gasteiger partial charge is 0.478 e. The van der Waals surface area contributed by atoms with Gasteiger partial charge in [-0.15, -0.1) is 0 Å². The summed E-state index contributed by atoms with van der Waals surface area (Å²) >= 11 is 0. The van der Waals surface area contributed by atoms with Crippen LogP contribution < -0.4 is 5.32 Å². The topological polar surface area (TPSA) is 75.6 Å². The smallest absolute Gasteiger partial charge is 0.335 e. The molecule has 2 rings (SSSR count). The van der Waals surface area contributed by atoms with Crippen molar-refractivity contribution in [2.24, 2.45) is 0 Å². The van der Waals surface area contributed by atoms with Gasteiger partial charge >= 0.3 is 5.97 Å². The first-order valence-corrected chi connectivity index (χ1v) is 6.35. The summed E-state index contributed by atoms with van der Waals surface area (Å²) in [6.45, 7) is 1.32. The fraction of sp³-hybridized carbons (Fsp3) is 0.429. The molecule has 1 aromatic rings. The summed E-state index contributed by atoms with van der Waals surface area (Å²) in [7, 11) is 0. The summed E-state index contributed by atoms with van der Waals surface area (Å²) in [5.41, 5.74) is 1.03. The van der Waals surface area contributed by atoms with Gasteiger partial charge in [0.15, 0.2) is 0 Å². The zero-order chi connectivity index (χ0) is 13.7. The Labute approximate surface area is 111 Å². The zero-order valence-electron chi connectivity index (χ0n) is 10.6. The molecule has 1 amide bonds. The molecule has 1 aliphatic heterocycles. The van der Waals surface area contributed by atoms with Crippen LogP contribution >= 0.6 is 0 Å². The SMILES string of the molecule is O=C(Cc1ccc(C(=O)O)cc1)NCC1CCCO1. The number of carboxylic acid groups (broad SMARTS) is 1. The van der Waals surface area contributed by atoms with E-state index < -0.39 is 5.97 Å². The van der Waals surface area contributed by atoms with E-state index >= 15 is 0 Å². The molecular weight excluding hydrogens is 246 g/mol. The zero-order valence-corrected chi connectivity index (χ0v) is 10.6. The minimum atomic E-state index is -0.964. The first-order valence-electron chi connectivity index (χ1n) is 6.35. The molecule has 1 fully saturated rings.